The molecule has 10 nitrogen and oxygen atoms in total. The van der Waals surface area contributed by atoms with Crippen molar-refractivity contribution in [2.75, 3.05) is 26.2 Å². The summed E-state index contributed by atoms with van der Waals surface area (Å²) in [5.41, 5.74) is -3.62. The lowest BCUT2D eigenvalue weighted by molar-refractivity contribution is -0.153. The highest BCUT2D eigenvalue weighted by atomic mass is 19.4. The topological polar surface area (TPSA) is 114 Å². The van der Waals surface area contributed by atoms with Crippen LogP contribution in [0.25, 0.3) is 0 Å². The number of halogens is 6. The van der Waals surface area contributed by atoms with E-state index in [-0.39, 0.29) is 38.3 Å². The number of aromatic nitrogens is 2. The first-order valence-electron chi connectivity index (χ1n) is 12.0. The van der Waals surface area contributed by atoms with Crippen LogP contribution in [-0.2, 0) is 44.4 Å². The zero-order chi connectivity index (χ0) is 29.3. The van der Waals surface area contributed by atoms with Crippen LogP contribution in [0.15, 0.2) is 0 Å². The van der Waals surface area contributed by atoms with E-state index in [1.54, 1.807) is 27.7 Å². The normalized spacial score (nSPS) is 19.4. The SMILES string of the molecule is C[C@H]1CN(C[C@H](CC(=O)N2CCc3c(nc(C(F)(F)F)nc3C(F)(F)F)C2)NC(=O)OC(C)(C)C)C(=O)CO1. The standard InChI is InChI=1S/C23H29F6N5O5/c1-12-8-34(17(36)11-38-12)9-13(30-20(37)39-21(2,3)4)7-16(35)33-6-5-14-15(10-33)31-19(23(27,28)29)32-18(14)22(24,25)26/h12-13H,5-11H2,1-4H3,(H,30,37)/t12-,13-/m0/s1. The van der Waals surface area contributed by atoms with Gasteiger partial charge >= 0.3 is 18.4 Å². The summed E-state index contributed by atoms with van der Waals surface area (Å²) in [5.74, 6) is -3.00. The zero-order valence-corrected chi connectivity index (χ0v) is 21.7. The molecule has 0 aliphatic carbocycles. The van der Waals surface area contributed by atoms with Crippen LogP contribution in [0, 0.1) is 0 Å². The van der Waals surface area contributed by atoms with Gasteiger partial charge in [0.2, 0.25) is 17.6 Å². The van der Waals surface area contributed by atoms with Crippen molar-refractivity contribution in [3.05, 3.63) is 22.8 Å². The van der Waals surface area contributed by atoms with Crippen molar-refractivity contribution in [2.45, 2.75) is 77.2 Å². The third-order valence-corrected chi connectivity index (χ3v) is 5.84. The molecule has 3 rings (SSSR count). The molecule has 3 heterocycles. The fraction of sp³-hybridized carbons (Fsp3) is 0.696. The van der Waals surface area contributed by atoms with Gasteiger partial charge in [0.05, 0.1) is 24.4 Å². The predicted molar refractivity (Wildman–Crippen MR) is 121 cm³/mol. The fourth-order valence-corrected chi connectivity index (χ4v) is 4.19. The number of rotatable bonds is 5. The van der Waals surface area contributed by atoms with Crippen LogP contribution in [0.2, 0.25) is 0 Å². The molecule has 1 aromatic rings. The third kappa shape index (κ3) is 8.16. The van der Waals surface area contributed by atoms with Crippen LogP contribution >= 0.6 is 0 Å². The summed E-state index contributed by atoms with van der Waals surface area (Å²) < 4.78 is 90.5. The first kappa shape index (κ1) is 30.4. The maximum atomic E-state index is 13.5. The van der Waals surface area contributed by atoms with Gasteiger partial charge in [0.1, 0.15) is 12.2 Å². The average Bonchev–Trinajstić information content (AvgIpc) is 2.77. The summed E-state index contributed by atoms with van der Waals surface area (Å²) >= 11 is 0. The van der Waals surface area contributed by atoms with Crippen LogP contribution in [0.1, 0.15) is 56.9 Å². The summed E-state index contributed by atoms with van der Waals surface area (Å²) in [6, 6.07) is -0.968. The van der Waals surface area contributed by atoms with Gasteiger partial charge in [-0.2, -0.15) is 26.3 Å². The Hall–Kier alpha value is -3.17. The molecule has 0 aromatic carbocycles. The number of nitrogens with one attached hydrogen (secondary N) is 1. The lowest BCUT2D eigenvalue weighted by Gasteiger charge is -2.35. The van der Waals surface area contributed by atoms with Crippen LogP contribution in [0.5, 0.6) is 0 Å². The number of hydrogen-bond acceptors (Lipinski definition) is 7. The van der Waals surface area contributed by atoms with E-state index < -0.39 is 78.2 Å². The van der Waals surface area contributed by atoms with Crippen LogP contribution in [0.4, 0.5) is 31.1 Å². The van der Waals surface area contributed by atoms with Gasteiger partial charge in [0, 0.05) is 31.6 Å². The Morgan fingerprint density at radius 2 is 1.79 bits per heavy atom. The van der Waals surface area contributed by atoms with Gasteiger partial charge in [0.15, 0.2) is 5.69 Å². The Balaban J connectivity index is 1.82. The van der Waals surface area contributed by atoms with Gasteiger partial charge in [-0.3, -0.25) is 9.59 Å². The molecule has 16 heteroatoms. The molecule has 2 atom stereocenters. The van der Waals surface area contributed by atoms with E-state index in [0.29, 0.717) is 0 Å². The van der Waals surface area contributed by atoms with Gasteiger partial charge in [-0.25, -0.2) is 14.8 Å². The molecular formula is C23H29F6N5O5. The molecule has 2 aliphatic heterocycles. The zero-order valence-electron chi connectivity index (χ0n) is 21.7. The molecule has 0 bridgehead atoms. The molecule has 1 aromatic heterocycles. The molecule has 2 aliphatic rings. The molecule has 3 amide bonds. The van der Waals surface area contributed by atoms with Crippen molar-refractivity contribution in [1.82, 2.24) is 25.1 Å². The minimum atomic E-state index is -5.23. The largest absolute Gasteiger partial charge is 0.451 e. The highest BCUT2D eigenvalue weighted by Gasteiger charge is 2.44. The molecule has 0 unspecified atom stereocenters. The Morgan fingerprint density at radius 3 is 2.38 bits per heavy atom. The van der Waals surface area contributed by atoms with Crippen LogP contribution in [-0.4, -0.2) is 81.7 Å². The molecule has 39 heavy (non-hydrogen) atoms. The minimum absolute atomic E-state index is 0.0967. The van der Waals surface area contributed by atoms with Crippen molar-refractivity contribution in [2.24, 2.45) is 0 Å². The summed E-state index contributed by atoms with van der Waals surface area (Å²) in [4.78, 5) is 46.3. The highest BCUT2D eigenvalue weighted by molar-refractivity contribution is 5.80. The first-order chi connectivity index (χ1) is 17.8. The van der Waals surface area contributed by atoms with Crippen LogP contribution < -0.4 is 5.32 Å². The summed E-state index contributed by atoms with van der Waals surface area (Å²) in [7, 11) is 0. The van der Waals surface area contributed by atoms with Gasteiger partial charge < -0.3 is 24.6 Å². The Labute approximate surface area is 220 Å². The second-order valence-corrected chi connectivity index (χ2v) is 10.3. The van der Waals surface area contributed by atoms with Crippen LogP contribution in [0.3, 0.4) is 0 Å². The van der Waals surface area contributed by atoms with E-state index in [2.05, 4.69) is 15.3 Å². The maximum Gasteiger partial charge on any atom is 0.451 e. The second-order valence-electron chi connectivity index (χ2n) is 10.3. The molecule has 0 saturated carbocycles. The Kier molecular flexibility index (Phi) is 8.67. The number of alkyl carbamates (subject to hydrolysis) is 1. The molecule has 1 fully saturated rings. The average molecular weight is 570 g/mol. The third-order valence-electron chi connectivity index (χ3n) is 5.84. The number of carbonyl (C=O) groups is 3. The van der Waals surface area contributed by atoms with Gasteiger partial charge in [-0.05, 0) is 34.1 Å². The number of fused-ring (bicyclic) bond motifs is 1. The van der Waals surface area contributed by atoms with E-state index >= 15 is 0 Å². The lowest BCUT2D eigenvalue weighted by atomic mass is 10.0. The molecule has 218 valence electrons. The van der Waals surface area contributed by atoms with E-state index in [0.717, 1.165) is 4.90 Å². The van der Waals surface area contributed by atoms with Crippen molar-refractivity contribution in [1.29, 1.82) is 0 Å². The Morgan fingerprint density at radius 1 is 1.13 bits per heavy atom. The van der Waals surface area contributed by atoms with Gasteiger partial charge in [-0.15, -0.1) is 0 Å². The molecular weight excluding hydrogens is 540 g/mol. The number of morpholine rings is 1. The van der Waals surface area contributed by atoms with Crippen molar-refractivity contribution in [3.8, 4) is 0 Å². The number of amides is 3. The lowest BCUT2D eigenvalue weighted by Crippen LogP contribution is -2.53. The molecule has 1 N–H and O–H groups in total. The first-order valence-corrected chi connectivity index (χ1v) is 12.0. The monoisotopic (exact) mass is 569 g/mol. The van der Waals surface area contributed by atoms with Crippen molar-refractivity contribution < 1.29 is 50.2 Å². The quantitative estimate of drug-likeness (QED) is 0.543. The van der Waals surface area contributed by atoms with E-state index in [1.807, 2.05) is 0 Å². The van der Waals surface area contributed by atoms with Gasteiger partial charge in [0.25, 0.3) is 0 Å². The van der Waals surface area contributed by atoms with Gasteiger partial charge in [-0.1, -0.05) is 0 Å². The van der Waals surface area contributed by atoms with E-state index in [9.17, 15) is 40.7 Å². The van der Waals surface area contributed by atoms with E-state index in [1.165, 1.54) is 4.90 Å². The fourth-order valence-electron chi connectivity index (χ4n) is 4.19. The second kappa shape index (κ2) is 11.1. The molecule has 1 saturated heterocycles. The van der Waals surface area contributed by atoms with E-state index in [4.69, 9.17) is 9.47 Å². The number of alkyl halides is 6. The summed E-state index contributed by atoms with van der Waals surface area (Å²) in [6.07, 6.45) is -12.4. The van der Waals surface area contributed by atoms with Crippen molar-refractivity contribution in [3.63, 3.8) is 0 Å². The maximum absolute atomic E-state index is 13.5. The number of carbonyl (C=O) groups excluding carboxylic acids is 3. The number of nitrogens with zero attached hydrogens (tertiary/aromatic N) is 4. The summed E-state index contributed by atoms with van der Waals surface area (Å²) in [6.45, 7) is 5.64. The Bertz CT molecular complexity index is 1100. The molecule has 0 radical (unpaired) electrons. The molecule has 0 spiro atoms. The minimum Gasteiger partial charge on any atom is -0.444 e. The van der Waals surface area contributed by atoms with Crippen molar-refractivity contribution >= 4 is 17.9 Å². The number of hydrogen-bond donors (Lipinski definition) is 1. The smallest absolute Gasteiger partial charge is 0.444 e. The highest BCUT2D eigenvalue weighted by Crippen LogP contribution is 2.36. The number of ether oxygens (including phenoxy) is 2. The summed E-state index contributed by atoms with van der Waals surface area (Å²) in [5, 5.41) is 2.54. The predicted octanol–water partition coefficient (Wildman–Crippen LogP) is 2.93.